The van der Waals surface area contributed by atoms with Crippen LogP contribution in [0.15, 0.2) is 71.9 Å². The first-order chi connectivity index (χ1) is 13.8. The minimum Gasteiger partial charge on any atom is -0.337 e. The van der Waals surface area contributed by atoms with E-state index in [1.807, 2.05) is 25.1 Å². The molecular formula is C22H23N3O3S. The van der Waals surface area contributed by atoms with E-state index in [-0.39, 0.29) is 22.1 Å². The van der Waals surface area contributed by atoms with E-state index in [4.69, 9.17) is 0 Å². The SMILES string of the molecule is Cc1ccc(C)c(S(=O)(=O)Nc2ccccc2C(=O)N(C)Cc2ccncc2)c1. The Morgan fingerprint density at radius 2 is 1.72 bits per heavy atom. The molecule has 7 heteroatoms. The summed E-state index contributed by atoms with van der Waals surface area (Å²) in [4.78, 5) is 18.7. The number of rotatable bonds is 6. The van der Waals surface area contributed by atoms with Crippen LogP contribution < -0.4 is 4.72 Å². The predicted octanol–water partition coefficient (Wildman–Crippen LogP) is 3.77. The highest BCUT2D eigenvalue weighted by atomic mass is 32.2. The van der Waals surface area contributed by atoms with Crippen molar-refractivity contribution >= 4 is 21.6 Å². The Morgan fingerprint density at radius 1 is 1.03 bits per heavy atom. The smallest absolute Gasteiger partial charge is 0.262 e. The monoisotopic (exact) mass is 409 g/mol. The molecule has 1 N–H and O–H groups in total. The van der Waals surface area contributed by atoms with Crippen LogP contribution in [0.2, 0.25) is 0 Å². The average molecular weight is 410 g/mol. The van der Waals surface area contributed by atoms with Crippen molar-refractivity contribution in [2.75, 3.05) is 11.8 Å². The summed E-state index contributed by atoms with van der Waals surface area (Å²) in [6.45, 7) is 3.97. The fourth-order valence-electron chi connectivity index (χ4n) is 2.99. The van der Waals surface area contributed by atoms with Crippen molar-refractivity contribution < 1.29 is 13.2 Å². The first kappa shape index (κ1) is 20.5. The first-order valence-corrected chi connectivity index (χ1v) is 10.6. The maximum absolute atomic E-state index is 13.0. The normalized spacial score (nSPS) is 11.1. The van der Waals surface area contributed by atoms with Crippen molar-refractivity contribution in [3.63, 3.8) is 0 Å². The highest BCUT2D eigenvalue weighted by Gasteiger charge is 2.22. The number of nitrogens with zero attached hydrogens (tertiary/aromatic N) is 2. The molecule has 6 nitrogen and oxygen atoms in total. The number of anilines is 1. The number of amides is 1. The molecule has 2 aromatic carbocycles. The molecule has 0 bridgehead atoms. The molecule has 29 heavy (non-hydrogen) atoms. The minimum absolute atomic E-state index is 0.199. The van der Waals surface area contributed by atoms with Crippen molar-refractivity contribution in [3.8, 4) is 0 Å². The molecule has 0 saturated heterocycles. The molecule has 0 aliphatic rings. The van der Waals surface area contributed by atoms with Gasteiger partial charge in [-0.1, -0.05) is 24.3 Å². The summed E-state index contributed by atoms with van der Waals surface area (Å²) in [5.41, 5.74) is 2.96. The lowest BCUT2D eigenvalue weighted by molar-refractivity contribution is 0.0786. The number of benzene rings is 2. The van der Waals surface area contributed by atoms with E-state index in [0.29, 0.717) is 12.1 Å². The van der Waals surface area contributed by atoms with Crippen LogP contribution in [0, 0.1) is 13.8 Å². The molecular weight excluding hydrogens is 386 g/mol. The molecule has 1 heterocycles. The van der Waals surface area contributed by atoms with Gasteiger partial charge in [0.1, 0.15) is 0 Å². The quantitative estimate of drug-likeness (QED) is 0.672. The number of hydrogen-bond acceptors (Lipinski definition) is 4. The summed E-state index contributed by atoms with van der Waals surface area (Å²) in [5, 5.41) is 0. The lowest BCUT2D eigenvalue weighted by Gasteiger charge is -2.20. The Hall–Kier alpha value is -3.19. The molecule has 150 valence electrons. The lowest BCUT2D eigenvalue weighted by Crippen LogP contribution is -2.27. The maximum atomic E-state index is 13.0. The van der Waals surface area contributed by atoms with Crippen LogP contribution in [-0.2, 0) is 16.6 Å². The van der Waals surface area contributed by atoms with Crippen LogP contribution in [0.1, 0.15) is 27.0 Å². The van der Waals surface area contributed by atoms with Crippen molar-refractivity contribution in [3.05, 3.63) is 89.2 Å². The highest BCUT2D eigenvalue weighted by molar-refractivity contribution is 7.92. The zero-order chi connectivity index (χ0) is 21.0. The predicted molar refractivity (Wildman–Crippen MR) is 113 cm³/mol. The number of hydrogen-bond donors (Lipinski definition) is 1. The van der Waals surface area contributed by atoms with E-state index in [1.165, 1.54) is 0 Å². The minimum atomic E-state index is -3.84. The zero-order valence-electron chi connectivity index (χ0n) is 16.6. The van der Waals surface area contributed by atoms with E-state index in [0.717, 1.165) is 11.1 Å². The van der Waals surface area contributed by atoms with E-state index < -0.39 is 10.0 Å². The number of para-hydroxylation sites is 1. The van der Waals surface area contributed by atoms with Crippen LogP contribution in [0.4, 0.5) is 5.69 Å². The van der Waals surface area contributed by atoms with Crippen LogP contribution in [-0.4, -0.2) is 31.3 Å². The van der Waals surface area contributed by atoms with Gasteiger partial charge in [0.15, 0.2) is 0 Å². The van der Waals surface area contributed by atoms with E-state index in [2.05, 4.69) is 9.71 Å². The second-order valence-corrected chi connectivity index (χ2v) is 8.59. The average Bonchev–Trinajstić information content (AvgIpc) is 2.70. The van der Waals surface area contributed by atoms with Gasteiger partial charge in [-0.25, -0.2) is 8.42 Å². The van der Waals surface area contributed by atoms with Crippen molar-refractivity contribution in [1.29, 1.82) is 0 Å². The van der Waals surface area contributed by atoms with Crippen molar-refractivity contribution in [2.24, 2.45) is 0 Å². The second kappa shape index (κ2) is 8.45. The summed E-state index contributed by atoms with van der Waals surface area (Å²) < 4.78 is 28.5. The van der Waals surface area contributed by atoms with Crippen LogP contribution >= 0.6 is 0 Å². The Kier molecular flexibility index (Phi) is 5.98. The Morgan fingerprint density at radius 3 is 2.45 bits per heavy atom. The van der Waals surface area contributed by atoms with E-state index >= 15 is 0 Å². The van der Waals surface area contributed by atoms with Gasteiger partial charge in [-0.05, 0) is 60.9 Å². The number of sulfonamides is 1. The maximum Gasteiger partial charge on any atom is 0.262 e. The van der Waals surface area contributed by atoms with E-state index in [1.54, 1.807) is 67.7 Å². The molecule has 1 aromatic heterocycles. The third-order valence-electron chi connectivity index (χ3n) is 4.55. The fraction of sp³-hybridized carbons (Fsp3) is 0.182. The van der Waals surface area contributed by atoms with Crippen molar-refractivity contribution in [2.45, 2.75) is 25.3 Å². The summed E-state index contributed by atoms with van der Waals surface area (Å²) in [6.07, 6.45) is 3.33. The Labute approximate surface area is 171 Å². The molecule has 0 aliphatic carbocycles. The molecule has 0 unspecified atom stereocenters. The Balaban J connectivity index is 1.89. The number of aromatic nitrogens is 1. The number of carbonyl (C=O) groups is 1. The van der Waals surface area contributed by atoms with Gasteiger partial charge in [-0.3, -0.25) is 14.5 Å². The lowest BCUT2D eigenvalue weighted by atomic mass is 10.1. The molecule has 3 aromatic rings. The van der Waals surface area contributed by atoms with Gasteiger partial charge in [0.25, 0.3) is 15.9 Å². The van der Waals surface area contributed by atoms with Gasteiger partial charge in [0.2, 0.25) is 0 Å². The van der Waals surface area contributed by atoms with Crippen LogP contribution in [0.5, 0.6) is 0 Å². The summed E-state index contributed by atoms with van der Waals surface area (Å²) in [5.74, 6) is -0.277. The second-order valence-electron chi connectivity index (χ2n) is 6.94. The third kappa shape index (κ3) is 4.81. The molecule has 3 rings (SSSR count). The summed E-state index contributed by atoms with van der Waals surface area (Å²) in [6, 6.07) is 15.5. The van der Waals surface area contributed by atoms with Crippen LogP contribution in [0.25, 0.3) is 0 Å². The molecule has 0 atom stereocenters. The summed E-state index contributed by atoms with van der Waals surface area (Å²) >= 11 is 0. The third-order valence-corrected chi connectivity index (χ3v) is 6.06. The molecule has 0 fully saturated rings. The molecule has 0 aliphatic heterocycles. The number of aryl methyl sites for hydroxylation is 2. The summed E-state index contributed by atoms with van der Waals surface area (Å²) in [7, 11) is -2.16. The standard InChI is InChI=1S/C22H23N3O3S/c1-16-8-9-17(2)21(14-16)29(27,28)24-20-7-5-4-6-19(20)22(26)25(3)15-18-10-12-23-13-11-18/h4-14,24H,15H2,1-3H3. The molecule has 0 radical (unpaired) electrons. The van der Waals surface area contributed by atoms with Gasteiger partial charge < -0.3 is 4.90 Å². The largest absolute Gasteiger partial charge is 0.337 e. The zero-order valence-corrected chi connectivity index (χ0v) is 17.4. The van der Waals surface area contributed by atoms with Gasteiger partial charge in [0.05, 0.1) is 16.1 Å². The molecule has 0 saturated carbocycles. The molecule has 1 amide bonds. The fourth-order valence-corrected chi connectivity index (χ4v) is 4.41. The van der Waals surface area contributed by atoms with Gasteiger partial charge in [-0.15, -0.1) is 0 Å². The van der Waals surface area contributed by atoms with Gasteiger partial charge in [0, 0.05) is 26.0 Å². The van der Waals surface area contributed by atoms with Crippen LogP contribution in [0.3, 0.4) is 0 Å². The van der Waals surface area contributed by atoms with Gasteiger partial charge >= 0.3 is 0 Å². The number of nitrogens with one attached hydrogen (secondary N) is 1. The van der Waals surface area contributed by atoms with E-state index in [9.17, 15) is 13.2 Å². The molecule has 0 spiro atoms. The van der Waals surface area contributed by atoms with Gasteiger partial charge in [-0.2, -0.15) is 0 Å². The number of carbonyl (C=O) groups excluding carboxylic acids is 1. The number of pyridine rings is 1. The topological polar surface area (TPSA) is 79.4 Å². The van der Waals surface area contributed by atoms with Crippen molar-refractivity contribution in [1.82, 2.24) is 9.88 Å². The highest BCUT2D eigenvalue weighted by Crippen LogP contribution is 2.24. The first-order valence-electron chi connectivity index (χ1n) is 9.11. The Bertz CT molecular complexity index is 1130.